The zero-order valence-corrected chi connectivity index (χ0v) is 13.7. The van der Waals surface area contributed by atoms with Crippen LogP contribution in [0.1, 0.15) is 52.4 Å². The van der Waals surface area contributed by atoms with Crippen LogP contribution in [0.2, 0.25) is 0 Å². The molecule has 0 aromatic heterocycles. The lowest BCUT2D eigenvalue weighted by molar-refractivity contribution is -0.0590. The van der Waals surface area contributed by atoms with E-state index in [1.165, 1.54) is 45.1 Å². The molecule has 2 rings (SSSR count). The number of nitrogens with one attached hydrogen (secondary N) is 1. The van der Waals surface area contributed by atoms with Crippen LogP contribution in [0.3, 0.4) is 0 Å². The van der Waals surface area contributed by atoms with E-state index in [-0.39, 0.29) is 0 Å². The molecule has 20 heavy (non-hydrogen) atoms. The van der Waals surface area contributed by atoms with Crippen LogP contribution in [0, 0.1) is 11.8 Å². The third-order valence-electron chi connectivity index (χ3n) is 5.43. The lowest BCUT2D eigenvalue weighted by Crippen LogP contribution is -2.54. The summed E-state index contributed by atoms with van der Waals surface area (Å²) in [5, 5.41) is 3.59. The average molecular weight is 282 g/mol. The maximum absolute atomic E-state index is 6.11. The van der Waals surface area contributed by atoms with Gasteiger partial charge in [-0.2, -0.15) is 0 Å². The Morgan fingerprint density at radius 1 is 1.20 bits per heavy atom. The molecule has 2 aliphatic rings. The highest BCUT2D eigenvalue weighted by atomic mass is 16.5. The number of hydrogen-bond acceptors (Lipinski definition) is 3. The van der Waals surface area contributed by atoms with Gasteiger partial charge in [0, 0.05) is 19.1 Å². The van der Waals surface area contributed by atoms with Crippen molar-refractivity contribution in [2.75, 3.05) is 33.3 Å². The van der Waals surface area contributed by atoms with Crippen molar-refractivity contribution in [2.24, 2.45) is 11.8 Å². The van der Waals surface area contributed by atoms with E-state index in [0.29, 0.717) is 12.1 Å². The molecule has 3 heteroatoms. The van der Waals surface area contributed by atoms with E-state index >= 15 is 0 Å². The van der Waals surface area contributed by atoms with Gasteiger partial charge >= 0.3 is 0 Å². The van der Waals surface area contributed by atoms with Crippen molar-refractivity contribution in [3.8, 4) is 0 Å². The Kier molecular flexibility index (Phi) is 6.79. The van der Waals surface area contributed by atoms with Gasteiger partial charge in [-0.05, 0) is 44.7 Å². The van der Waals surface area contributed by atoms with Crippen LogP contribution in [-0.2, 0) is 4.74 Å². The first-order chi connectivity index (χ1) is 9.78. The number of rotatable bonds is 6. The molecule has 1 aliphatic carbocycles. The smallest absolute Gasteiger partial charge is 0.0857 e. The van der Waals surface area contributed by atoms with Gasteiger partial charge in [0.05, 0.1) is 12.7 Å². The van der Waals surface area contributed by atoms with E-state index in [0.717, 1.165) is 31.5 Å². The first kappa shape index (κ1) is 16.3. The quantitative estimate of drug-likeness (QED) is 0.811. The molecule has 2 atom stereocenters. The van der Waals surface area contributed by atoms with Gasteiger partial charge in [-0.25, -0.2) is 0 Å². The number of morpholine rings is 1. The van der Waals surface area contributed by atoms with Crippen LogP contribution in [0.25, 0.3) is 0 Å². The maximum Gasteiger partial charge on any atom is 0.0857 e. The third kappa shape index (κ3) is 4.19. The summed E-state index contributed by atoms with van der Waals surface area (Å²) >= 11 is 0. The summed E-state index contributed by atoms with van der Waals surface area (Å²) in [6.45, 7) is 8.97. The van der Waals surface area contributed by atoms with Crippen molar-refractivity contribution < 1.29 is 4.74 Å². The molecular formula is C17H34N2O. The molecule has 118 valence electrons. The normalized spacial score (nSPS) is 34.0. The molecular weight excluding hydrogens is 248 g/mol. The van der Waals surface area contributed by atoms with Crippen molar-refractivity contribution in [3.05, 3.63) is 0 Å². The second kappa shape index (κ2) is 8.35. The standard InChI is InChI=1S/C17H34N2O/c1-4-10-19-11-12-20-16(13-19)17(18-3)15-8-6-14(5-2)7-9-15/h14-18H,4-13H2,1-3H3. The van der Waals surface area contributed by atoms with Gasteiger partial charge in [0.15, 0.2) is 0 Å². The maximum atomic E-state index is 6.11. The minimum atomic E-state index is 0.392. The van der Waals surface area contributed by atoms with E-state index in [4.69, 9.17) is 4.74 Å². The zero-order valence-electron chi connectivity index (χ0n) is 13.7. The molecule has 1 saturated carbocycles. The number of likely N-dealkylation sites (N-methyl/N-ethyl adjacent to an activating group) is 1. The van der Waals surface area contributed by atoms with Gasteiger partial charge in [-0.3, -0.25) is 4.90 Å². The molecule has 0 amide bonds. The fourth-order valence-corrected chi connectivity index (χ4v) is 4.15. The van der Waals surface area contributed by atoms with Gasteiger partial charge in [-0.15, -0.1) is 0 Å². The van der Waals surface area contributed by atoms with E-state index in [9.17, 15) is 0 Å². The fourth-order valence-electron chi connectivity index (χ4n) is 4.15. The van der Waals surface area contributed by atoms with Crippen molar-refractivity contribution in [2.45, 2.75) is 64.5 Å². The van der Waals surface area contributed by atoms with Crippen LogP contribution in [0.15, 0.2) is 0 Å². The summed E-state index contributed by atoms with van der Waals surface area (Å²) in [6.07, 6.45) is 8.62. The molecule has 0 radical (unpaired) electrons. The predicted octanol–water partition coefficient (Wildman–Crippen LogP) is 2.90. The van der Waals surface area contributed by atoms with Gasteiger partial charge in [0.1, 0.15) is 0 Å². The van der Waals surface area contributed by atoms with E-state index in [1.807, 2.05) is 0 Å². The summed E-state index contributed by atoms with van der Waals surface area (Å²) in [6, 6.07) is 0.549. The van der Waals surface area contributed by atoms with Gasteiger partial charge in [0.2, 0.25) is 0 Å². The summed E-state index contributed by atoms with van der Waals surface area (Å²) < 4.78 is 6.11. The Balaban J connectivity index is 1.87. The zero-order chi connectivity index (χ0) is 14.4. The molecule has 1 N–H and O–H groups in total. The van der Waals surface area contributed by atoms with Crippen molar-refractivity contribution in [3.63, 3.8) is 0 Å². The van der Waals surface area contributed by atoms with Crippen LogP contribution in [0.4, 0.5) is 0 Å². The highest BCUT2D eigenvalue weighted by Crippen LogP contribution is 2.34. The SMILES string of the molecule is CCCN1CCOC(C(NC)C2CCC(CC)CC2)C1. The Morgan fingerprint density at radius 2 is 1.95 bits per heavy atom. The van der Waals surface area contributed by atoms with Crippen LogP contribution in [0.5, 0.6) is 0 Å². The van der Waals surface area contributed by atoms with Crippen LogP contribution in [-0.4, -0.2) is 50.3 Å². The van der Waals surface area contributed by atoms with E-state index in [2.05, 4.69) is 31.1 Å². The molecule has 1 saturated heterocycles. The van der Waals surface area contributed by atoms with Gasteiger partial charge < -0.3 is 10.1 Å². The first-order valence-corrected chi connectivity index (χ1v) is 8.79. The lowest BCUT2D eigenvalue weighted by atomic mass is 9.76. The summed E-state index contributed by atoms with van der Waals surface area (Å²) in [5.41, 5.74) is 0. The first-order valence-electron chi connectivity index (χ1n) is 8.79. The van der Waals surface area contributed by atoms with Crippen molar-refractivity contribution >= 4 is 0 Å². The van der Waals surface area contributed by atoms with Crippen molar-refractivity contribution in [1.82, 2.24) is 10.2 Å². The average Bonchev–Trinajstić information content (AvgIpc) is 2.49. The molecule has 0 bridgehead atoms. The molecule has 0 aromatic rings. The summed E-state index contributed by atoms with van der Waals surface area (Å²) in [7, 11) is 2.12. The Hall–Kier alpha value is -0.120. The van der Waals surface area contributed by atoms with Gasteiger partial charge in [-0.1, -0.05) is 33.1 Å². The minimum absolute atomic E-state index is 0.392. The topological polar surface area (TPSA) is 24.5 Å². The highest BCUT2D eigenvalue weighted by Gasteiger charge is 2.34. The predicted molar refractivity (Wildman–Crippen MR) is 85.1 cm³/mol. The number of hydrogen-bond donors (Lipinski definition) is 1. The molecule has 2 unspecified atom stereocenters. The molecule has 1 aliphatic heterocycles. The minimum Gasteiger partial charge on any atom is -0.374 e. The third-order valence-corrected chi connectivity index (χ3v) is 5.43. The molecule has 2 fully saturated rings. The summed E-state index contributed by atoms with van der Waals surface area (Å²) in [4.78, 5) is 2.58. The second-order valence-corrected chi connectivity index (χ2v) is 6.71. The van der Waals surface area contributed by atoms with Crippen LogP contribution >= 0.6 is 0 Å². The second-order valence-electron chi connectivity index (χ2n) is 6.71. The monoisotopic (exact) mass is 282 g/mol. The highest BCUT2D eigenvalue weighted by molar-refractivity contribution is 4.89. The van der Waals surface area contributed by atoms with Crippen LogP contribution < -0.4 is 5.32 Å². The van der Waals surface area contributed by atoms with Gasteiger partial charge in [0.25, 0.3) is 0 Å². The molecule has 0 spiro atoms. The van der Waals surface area contributed by atoms with E-state index in [1.54, 1.807) is 0 Å². The lowest BCUT2D eigenvalue weighted by Gasteiger charge is -2.42. The van der Waals surface area contributed by atoms with E-state index < -0.39 is 0 Å². The number of ether oxygens (including phenoxy) is 1. The number of nitrogens with zero attached hydrogens (tertiary/aromatic N) is 1. The molecule has 1 heterocycles. The Labute approximate surface area is 125 Å². The molecule has 0 aromatic carbocycles. The fraction of sp³-hybridized carbons (Fsp3) is 1.00. The Morgan fingerprint density at radius 3 is 2.55 bits per heavy atom. The Bertz CT molecular complexity index is 262. The summed E-state index contributed by atoms with van der Waals surface area (Å²) in [5.74, 6) is 1.79. The van der Waals surface area contributed by atoms with Crippen molar-refractivity contribution in [1.29, 1.82) is 0 Å². The largest absolute Gasteiger partial charge is 0.374 e. The molecule has 3 nitrogen and oxygen atoms in total.